The highest BCUT2D eigenvalue weighted by Crippen LogP contribution is 2.34. The second-order valence-corrected chi connectivity index (χ2v) is 8.75. The van der Waals surface area contributed by atoms with Crippen molar-refractivity contribution in [3.63, 3.8) is 0 Å². The largest absolute Gasteiger partial charge is 0.436 e. The van der Waals surface area contributed by atoms with E-state index >= 15 is 0 Å². The fourth-order valence-corrected chi connectivity index (χ4v) is 4.72. The topological polar surface area (TPSA) is 55.1 Å². The van der Waals surface area contributed by atoms with Gasteiger partial charge in [0.25, 0.3) is 5.91 Å². The minimum absolute atomic E-state index is 0.223. The van der Waals surface area contributed by atoms with Crippen molar-refractivity contribution < 1.29 is 9.21 Å². The Hall–Kier alpha value is -3.86. The third kappa shape index (κ3) is 3.48. The number of oxazole rings is 1. The maximum atomic E-state index is 13.1. The van der Waals surface area contributed by atoms with Crippen molar-refractivity contribution in [2.45, 2.75) is 0 Å². The minimum atomic E-state index is -0.223. The summed E-state index contributed by atoms with van der Waals surface area (Å²) in [6, 6.07) is 28.1. The number of anilines is 1. The molecule has 4 nitrogen and oxygen atoms in total. The van der Waals surface area contributed by atoms with Gasteiger partial charge in [-0.2, -0.15) is 0 Å². The van der Waals surface area contributed by atoms with Crippen LogP contribution < -0.4 is 5.32 Å². The number of carbonyl (C=O) groups excluding carboxylic acids is 1. The molecule has 1 aromatic heterocycles. The molecule has 0 atom stereocenters. The van der Waals surface area contributed by atoms with Crippen LogP contribution in [-0.4, -0.2) is 10.9 Å². The van der Waals surface area contributed by atoms with E-state index in [4.69, 9.17) is 27.6 Å². The van der Waals surface area contributed by atoms with Crippen LogP contribution in [-0.2, 0) is 0 Å². The molecule has 6 heteroatoms. The predicted molar refractivity (Wildman–Crippen MR) is 139 cm³/mol. The first-order valence-corrected chi connectivity index (χ1v) is 11.4. The summed E-state index contributed by atoms with van der Waals surface area (Å²) >= 11 is 12.7. The number of hydrogen-bond acceptors (Lipinski definition) is 3. The van der Waals surface area contributed by atoms with Crippen LogP contribution in [0.15, 0.2) is 95.4 Å². The summed E-state index contributed by atoms with van der Waals surface area (Å²) in [5.74, 6) is 0.273. The number of halogens is 2. The van der Waals surface area contributed by atoms with Crippen molar-refractivity contribution in [1.29, 1.82) is 0 Å². The Balaban J connectivity index is 1.36. The van der Waals surface area contributed by atoms with E-state index in [1.165, 1.54) is 0 Å². The maximum absolute atomic E-state index is 13.1. The number of nitrogens with zero attached hydrogens (tertiary/aromatic N) is 1. The molecule has 6 aromatic rings. The van der Waals surface area contributed by atoms with Gasteiger partial charge in [-0.05, 0) is 53.2 Å². The molecule has 0 saturated heterocycles. The van der Waals surface area contributed by atoms with Crippen LogP contribution in [0.3, 0.4) is 0 Å². The number of aromatic nitrogens is 1. The van der Waals surface area contributed by atoms with Crippen LogP contribution in [0.25, 0.3) is 44.1 Å². The Bertz CT molecular complexity index is 1740. The lowest BCUT2D eigenvalue weighted by molar-refractivity contribution is 0.102. The van der Waals surface area contributed by atoms with Gasteiger partial charge in [0.1, 0.15) is 5.52 Å². The molecule has 0 fully saturated rings. The smallest absolute Gasteiger partial charge is 0.256 e. The molecule has 6 rings (SSSR count). The summed E-state index contributed by atoms with van der Waals surface area (Å²) in [6.07, 6.45) is 0. The third-order valence-electron chi connectivity index (χ3n) is 5.86. The third-order valence-corrected chi connectivity index (χ3v) is 6.52. The van der Waals surface area contributed by atoms with E-state index < -0.39 is 0 Å². The van der Waals surface area contributed by atoms with E-state index in [0.29, 0.717) is 38.3 Å². The molecule has 0 radical (unpaired) electrons. The van der Waals surface area contributed by atoms with Crippen molar-refractivity contribution in [1.82, 2.24) is 4.98 Å². The first-order chi connectivity index (χ1) is 16.6. The van der Waals surface area contributed by atoms with Gasteiger partial charge in [-0.3, -0.25) is 4.79 Å². The van der Waals surface area contributed by atoms with Gasteiger partial charge >= 0.3 is 0 Å². The van der Waals surface area contributed by atoms with E-state index in [2.05, 4.69) is 10.3 Å². The molecule has 1 N–H and O–H groups in total. The second-order valence-electron chi connectivity index (χ2n) is 7.94. The molecule has 0 saturated carbocycles. The molecule has 0 aliphatic heterocycles. The van der Waals surface area contributed by atoms with Crippen LogP contribution >= 0.6 is 23.2 Å². The van der Waals surface area contributed by atoms with Crippen LogP contribution in [0.4, 0.5) is 5.69 Å². The number of amides is 1. The summed E-state index contributed by atoms with van der Waals surface area (Å²) in [5.41, 5.74) is 3.30. The van der Waals surface area contributed by atoms with Crippen LogP contribution in [0, 0.1) is 0 Å². The minimum Gasteiger partial charge on any atom is -0.436 e. The van der Waals surface area contributed by atoms with Gasteiger partial charge in [-0.15, -0.1) is 0 Å². The highest BCUT2D eigenvalue weighted by atomic mass is 35.5. The number of benzene rings is 5. The fourth-order valence-electron chi connectivity index (χ4n) is 4.25. The zero-order valence-electron chi connectivity index (χ0n) is 17.7. The standard InChI is InChI=1S/C28H16Cl2N2O2/c29-23-11-3-5-17-19(23)7-1-9-21(17)27(33)31-16-13-14-26-25(15-16)32-28(34-26)22-10-2-8-20-18(22)6-4-12-24(20)30/h1-15H,(H,31,33). The Morgan fingerprint density at radius 3 is 2.18 bits per heavy atom. The number of hydrogen-bond donors (Lipinski definition) is 1. The van der Waals surface area contributed by atoms with Crippen molar-refractivity contribution in [2.24, 2.45) is 0 Å². The monoisotopic (exact) mass is 482 g/mol. The summed E-state index contributed by atoms with van der Waals surface area (Å²) in [7, 11) is 0. The van der Waals surface area contributed by atoms with E-state index in [-0.39, 0.29) is 5.91 Å². The first kappa shape index (κ1) is 20.7. The van der Waals surface area contributed by atoms with Crippen molar-refractivity contribution in [3.8, 4) is 11.5 Å². The SMILES string of the molecule is O=C(Nc1ccc2oc(-c3cccc4c(Cl)cccc34)nc2c1)c1cccc2c(Cl)cccc12. The van der Waals surface area contributed by atoms with Crippen molar-refractivity contribution in [3.05, 3.63) is 107 Å². The molecular formula is C28H16Cl2N2O2. The summed E-state index contributed by atoms with van der Waals surface area (Å²) < 4.78 is 6.04. The zero-order valence-corrected chi connectivity index (χ0v) is 19.2. The molecule has 5 aromatic carbocycles. The van der Waals surface area contributed by atoms with Crippen LogP contribution in [0.5, 0.6) is 0 Å². The molecule has 0 bridgehead atoms. The lowest BCUT2D eigenvalue weighted by Gasteiger charge is -2.09. The lowest BCUT2D eigenvalue weighted by Crippen LogP contribution is -2.12. The molecule has 0 aliphatic rings. The molecule has 164 valence electrons. The average molecular weight is 483 g/mol. The van der Waals surface area contributed by atoms with E-state index in [1.807, 2.05) is 66.7 Å². The highest BCUT2D eigenvalue weighted by Gasteiger charge is 2.15. The zero-order chi connectivity index (χ0) is 23.2. The van der Waals surface area contributed by atoms with E-state index in [1.54, 1.807) is 24.3 Å². The molecule has 0 aliphatic carbocycles. The summed E-state index contributed by atoms with van der Waals surface area (Å²) in [6.45, 7) is 0. The maximum Gasteiger partial charge on any atom is 0.256 e. The Kier molecular flexibility index (Phi) is 4.98. The molecular weight excluding hydrogens is 467 g/mol. The van der Waals surface area contributed by atoms with Crippen LogP contribution in [0.1, 0.15) is 10.4 Å². The molecule has 0 unspecified atom stereocenters. The van der Waals surface area contributed by atoms with Gasteiger partial charge < -0.3 is 9.73 Å². The summed E-state index contributed by atoms with van der Waals surface area (Å²) in [5, 5.41) is 7.79. The Morgan fingerprint density at radius 2 is 1.38 bits per heavy atom. The molecule has 1 heterocycles. The van der Waals surface area contributed by atoms with Crippen molar-refractivity contribution in [2.75, 3.05) is 5.32 Å². The number of fused-ring (bicyclic) bond motifs is 3. The number of nitrogens with one attached hydrogen (secondary N) is 1. The molecule has 0 spiro atoms. The second kappa shape index (κ2) is 8.17. The molecule has 1 amide bonds. The van der Waals surface area contributed by atoms with E-state index in [9.17, 15) is 4.79 Å². The van der Waals surface area contributed by atoms with Gasteiger partial charge in [-0.1, -0.05) is 71.7 Å². The fraction of sp³-hybridized carbons (Fsp3) is 0. The Morgan fingerprint density at radius 1 is 0.735 bits per heavy atom. The van der Waals surface area contributed by atoms with Gasteiger partial charge in [0.2, 0.25) is 5.89 Å². The average Bonchev–Trinajstić information content (AvgIpc) is 3.27. The number of carbonyl (C=O) groups is 1. The van der Waals surface area contributed by atoms with Gasteiger partial charge in [0.05, 0.1) is 0 Å². The normalized spacial score (nSPS) is 11.4. The number of rotatable bonds is 3. The summed E-state index contributed by atoms with van der Waals surface area (Å²) in [4.78, 5) is 17.8. The van der Waals surface area contributed by atoms with Crippen molar-refractivity contribution >= 4 is 67.4 Å². The quantitative estimate of drug-likeness (QED) is 0.275. The van der Waals surface area contributed by atoms with Gasteiger partial charge in [0.15, 0.2) is 5.58 Å². The van der Waals surface area contributed by atoms with E-state index in [0.717, 1.165) is 27.1 Å². The van der Waals surface area contributed by atoms with Gasteiger partial charge in [0, 0.05) is 37.6 Å². The van der Waals surface area contributed by atoms with Crippen LogP contribution in [0.2, 0.25) is 10.0 Å². The predicted octanol–water partition coefficient (Wildman–Crippen LogP) is 8.36. The molecule has 34 heavy (non-hydrogen) atoms. The first-order valence-electron chi connectivity index (χ1n) is 10.7. The highest BCUT2D eigenvalue weighted by molar-refractivity contribution is 6.36. The van der Waals surface area contributed by atoms with Gasteiger partial charge in [-0.25, -0.2) is 4.98 Å². The Labute approximate surface area is 204 Å². The lowest BCUT2D eigenvalue weighted by atomic mass is 10.0.